The van der Waals surface area contributed by atoms with Crippen LogP contribution in [0.3, 0.4) is 0 Å². The van der Waals surface area contributed by atoms with Gasteiger partial charge in [0.25, 0.3) is 0 Å². The van der Waals surface area contributed by atoms with Crippen LogP contribution in [0, 0.1) is 6.92 Å². The molecule has 1 heterocycles. The average molecular weight is 286 g/mol. The molecule has 0 radical (unpaired) electrons. The normalized spacial score (nSPS) is 12.4. The summed E-state index contributed by atoms with van der Waals surface area (Å²) in [4.78, 5) is 0. The van der Waals surface area contributed by atoms with E-state index < -0.39 is 0 Å². The summed E-state index contributed by atoms with van der Waals surface area (Å²) in [6.45, 7) is 8.32. The summed E-state index contributed by atoms with van der Waals surface area (Å²) >= 11 is 0. The lowest BCUT2D eigenvalue weighted by Crippen LogP contribution is -2.19. The first kappa shape index (κ1) is 15.6. The third-order valence-electron chi connectivity index (χ3n) is 3.82. The smallest absolute Gasteiger partial charge is 0.123 e. The van der Waals surface area contributed by atoms with Crippen LogP contribution in [-0.2, 0) is 6.54 Å². The number of methoxy groups -OCH3 is 1. The molecule has 3 heteroatoms. The van der Waals surface area contributed by atoms with Crippen molar-refractivity contribution in [1.82, 2.24) is 9.88 Å². The first-order valence-electron chi connectivity index (χ1n) is 7.70. The van der Waals surface area contributed by atoms with Gasteiger partial charge in [0, 0.05) is 24.0 Å². The van der Waals surface area contributed by atoms with Crippen molar-refractivity contribution in [3.05, 3.63) is 53.3 Å². The second-order valence-electron chi connectivity index (χ2n) is 5.45. The number of aromatic nitrogens is 1. The molecule has 21 heavy (non-hydrogen) atoms. The van der Waals surface area contributed by atoms with Gasteiger partial charge in [-0.15, -0.1) is 0 Å². The Labute approximate surface area is 127 Å². The zero-order valence-corrected chi connectivity index (χ0v) is 13.5. The summed E-state index contributed by atoms with van der Waals surface area (Å²) in [5.74, 6) is 0.953. The molecule has 1 atom stereocenters. The molecule has 0 saturated carbocycles. The standard InChI is InChI=1S/C18H26N2O/c1-5-17(19-6-2)15-9-10-20(12-15)13-16-11-14(3)7-8-18(16)21-4/h7-12,17,19H,5-6,13H2,1-4H3. The van der Waals surface area contributed by atoms with Gasteiger partial charge in [-0.3, -0.25) is 0 Å². The van der Waals surface area contributed by atoms with Crippen molar-refractivity contribution < 1.29 is 4.74 Å². The summed E-state index contributed by atoms with van der Waals surface area (Å²) in [5.41, 5.74) is 3.83. The highest BCUT2D eigenvalue weighted by molar-refractivity contribution is 5.37. The molecule has 1 unspecified atom stereocenters. The van der Waals surface area contributed by atoms with E-state index >= 15 is 0 Å². The fourth-order valence-corrected chi connectivity index (χ4v) is 2.74. The van der Waals surface area contributed by atoms with E-state index in [1.54, 1.807) is 7.11 Å². The minimum atomic E-state index is 0.440. The van der Waals surface area contributed by atoms with Crippen LogP contribution < -0.4 is 10.1 Å². The van der Waals surface area contributed by atoms with Gasteiger partial charge in [0.1, 0.15) is 5.75 Å². The average Bonchev–Trinajstić information content (AvgIpc) is 2.93. The van der Waals surface area contributed by atoms with Crippen LogP contribution in [-0.4, -0.2) is 18.2 Å². The Balaban J connectivity index is 2.17. The molecular weight excluding hydrogens is 260 g/mol. The third kappa shape index (κ3) is 3.88. The first-order valence-corrected chi connectivity index (χ1v) is 7.70. The molecule has 2 rings (SSSR count). The summed E-state index contributed by atoms with van der Waals surface area (Å²) in [7, 11) is 1.73. The SMILES string of the molecule is CCNC(CC)c1ccn(Cc2cc(C)ccc2OC)c1. The molecule has 0 aliphatic heterocycles. The number of hydrogen-bond donors (Lipinski definition) is 1. The largest absolute Gasteiger partial charge is 0.496 e. The lowest BCUT2D eigenvalue weighted by atomic mass is 10.1. The number of benzene rings is 1. The van der Waals surface area contributed by atoms with Crippen molar-refractivity contribution in [2.45, 2.75) is 39.8 Å². The first-order chi connectivity index (χ1) is 10.2. The van der Waals surface area contributed by atoms with E-state index in [0.29, 0.717) is 6.04 Å². The molecule has 1 aromatic carbocycles. The van der Waals surface area contributed by atoms with E-state index in [9.17, 15) is 0 Å². The highest BCUT2D eigenvalue weighted by Gasteiger charge is 2.10. The van der Waals surface area contributed by atoms with Crippen LogP contribution in [0.5, 0.6) is 5.75 Å². The van der Waals surface area contributed by atoms with E-state index in [1.807, 2.05) is 6.07 Å². The molecule has 1 N–H and O–H groups in total. The van der Waals surface area contributed by atoms with E-state index in [2.05, 4.69) is 61.2 Å². The van der Waals surface area contributed by atoms with Crippen molar-refractivity contribution in [3.63, 3.8) is 0 Å². The summed E-state index contributed by atoms with van der Waals surface area (Å²) in [5, 5.41) is 3.52. The number of hydrogen-bond acceptors (Lipinski definition) is 2. The molecule has 0 aliphatic carbocycles. The Bertz CT molecular complexity index is 574. The molecular formula is C18H26N2O. The highest BCUT2D eigenvalue weighted by atomic mass is 16.5. The maximum Gasteiger partial charge on any atom is 0.123 e. The Kier molecular flexibility index (Phi) is 5.45. The molecule has 0 bridgehead atoms. The van der Waals surface area contributed by atoms with Gasteiger partial charge in [0.15, 0.2) is 0 Å². The highest BCUT2D eigenvalue weighted by Crippen LogP contribution is 2.22. The Morgan fingerprint density at radius 2 is 2.05 bits per heavy atom. The molecule has 0 saturated heterocycles. The van der Waals surface area contributed by atoms with Gasteiger partial charge < -0.3 is 14.6 Å². The van der Waals surface area contributed by atoms with Crippen molar-refractivity contribution >= 4 is 0 Å². The second-order valence-corrected chi connectivity index (χ2v) is 5.45. The maximum absolute atomic E-state index is 5.46. The van der Waals surface area contributed by atoms with E-state index in [0.717, 1.165) is 25.3 Å². The summed E-state index contributed by atoms with van der Waals surface area (Å²) < 4.78 is 7.69. The Hall–Kier alpha value is -1.74. The third-order valence-corrected chi connectivity index (χ3v) is 3.82. The number of ether oxygens (including phenoxy) is 1. The van der Waals surface area contributed by atoms with Crippen LogP contribution in [0.2, 0.25) is 0 Å². The van der Waals surface area contributed by atoms with Gasteiger partial charge in [-0.1, -0.05) is 31.5 Å². The van der Waals surface area contributed by atoms with E-state index in [-0.39, 0.29) is 0 Å². The minimum absolute atomic E-state index is 0.440. The predicted octanol–water partition coefficient (Wildman–Crippen LogP) is 3.91. The van der Waals surface area contributed by atoms with Crippen LogP contribution >= 0.6 is 0 Å². The molecule has 114 valence electrons. The quantitative estimate of drug-likeness (QED) is 0.835. The fourth-order valence-electron chi connectivity index (χ4n) is 2.74. The predicted molar refractivity (Wildman–Crippen MR) is 88.0 cm³/mol. The number of rotatable bonds is 7. The van der Waals surface area contributed by atoms with E-state index in [4.69, 9.17) is 4.74 Å². The van der Waals surface area contributed by atoms with Crippen molar-refractivity contribution in [2.75, 3.05) is 13.7 Å². The van der Waals surface area contributed by atoms with Gasteiger partial charge in [-0.25, -0.2) is 0 Å². The minimum Gasteiger partial charge on any atom is -0.496 e. The zero-order chi connectivity index (χ0) is 15.2. The molecule has 0 aliphatic rings. The van der Waals surface area contributed by atoms with Gasteiger partial charge in [-0.2, -0.15) is 0 Å². The Morgan fingerprint density at radius 3 is 2.71 bits per heavy atom. The topological polar surface area (TPSA) is 26.2 Å². The van der Waals surface area contributed by atoms with Crippen LogP contribution in [0.1, 0.15) is 43.0 Å². The maximum atomic E-state index is 5.46. The van der Waals surface area contributed by atoms with Crippen molar-refractivity contribution in [2.24, 2.45) is 0 Å². The molecule has 0 spiro atoms. The Morgan fingerprint density at radius 1 is 1.24 bits per heavy atom. The summed E-state index contributed by atoms with van der Waals surface area (Å²) in [6, 6.07) is 8.97. The van der Waals surface area contributed by atoms with Gasteiger partial charge in [-0.05, 0) is 37.6 Å². The van der Waals surface area contributed by atoms with Crippen molar-refractivity contribution in [3.8, 4) is 5.75 Å². The zero-order valence-electron chi connectivity index (χ0n) is 13.5. The van der Waals surface area contributed by atoms with E-state index in [1.165, 1.54) is 16.7 Å². The van der Waals surface area contributed by atoms with Gasteiger partial charge in [0.2, 0.25) is 0 Å². The van der Waals surface area contributed by atoms with Gasteiger partial charge >= 0.3 is 0 Å². The van der Waals surface area contributed by atoms with Crippen LogP contribution in [0.4, 0.5) is 0 Å². The lowest BCUT2D eigenvalue weighted by Gasteiger charge is -2.14. The van der Waals surface area contributed by atoms with Crippen LogP contribution in [0.15, 0.2) is 36.7 Å². The second kappa shape index (κ2) is 7.32. The molecule has 1 aromatic heterocycles. The number of aryl methyl sites for hydroxylation is 1. The van der Waals surface area contributed by atoms with Crippen molar-refractivity contribution in [1.29, 1.82) is 0 Å². The fraction of sp³-hybridized carbons (Fsp3) is 0.444. The summed E-state index contributed by atoms with van der Waals surface area (Å²) in [6.07, 6.45) is 5.49. The van der Waals surface area contributed by atoms with Crippen LogP contribution in [0.25, 0.3) is 0 Å². The number of nitrogens with zero attached hydrogens (tertiary/aromatic N) is 1. The van der Waals surface area contributed by atoms with Gasteiger partial charge in [0.05, 0.1) is 13.7 Å². The number of nitrogens with one attached hydrogen (secondary N) is 1. The molecule has 0 fully saturated rings. The molecule has 2 aromatic rings. The molecule has 3 nitrogen and oxygen atoms in total. The molecule has 0 amide bonds. The lowest BCUT2D eigenvalue weighted by molar-refractivity contribution is 0.408. The monoisotopic (exact) mass is 286 g/mol.